The monoisotopic (exact) mass is 359 g/mol. The molecule has 25 heavy (non-hydrogen) atoms. The Hall–Kier alpha value is -2.61. The van der Waals surface area contributed by atoms with Crippen LogP contribution in [-0.2, 0) is 11.2 Å². The van der Waals surface area contributed by atoms with E-state index < -0.39 is 0 Å². The molecule has 1 aliphatic heterocycles. The van der Waals surface area contributed by atoms with E-state index in [1.807, 2.05) is 26.0 Å². The third kappa shape index (κ3) is 3.17. The van der Waals surface area contributed by atoms with Gasteiger partial charge in [-0.25, -0.2) is 4.98 Å². The Labute approximate surface area is 147 Å². The van der Waals surface area contributed by atoms with Crippen molar-refractivity contribution in [2.45, 2.75) is 26.7 Å². The van der Waals surface area contributed by atoms with Crippen molar-refractivity contribution in [2.24, 2.45) is 0 Å². The number of hydrogen-bond acceptors (Lipinski definition) is 7. The Kier molecular flexibility index (Phi) is 4.04. The first kappa shape index (κ1) is 15.9. The topological polar surface area (TPSA) is 86.5 Å². The second-order valence-electron chi connectivity index (χ2n) is 5.83. The number of nitrogens with one attached hydrogen (secondary N) is 1. The summed E-state index contributed by atoms with van der Waals surface area (Å²) in [4.78, 5) is 16.7. The van der Waals surface area contributed by atoms with Gasteiger partial charge in [0.15, 0.2) is 16.6 Å². The molecule has 1 aromatic carbocycles. The van der Waals surface area contributed by atoms with E-state index in [-0.39, 0.29) is 5.91 Å². The fourth-order valence-electron chi connectivity index (χ4n) is 2.80. The van der Waals surface area contributed by atoms with Crippen molar-refractivity contribution < 1.29 is 18.8 Å². The van der Waals surface area contributed by atoms with E-state index in [0.717, 1.165) is 33.0 Å². The summed E-state index contributed by atoms with van der Waals surface area (Å²) < 4.78 is 17.2. The lowest BCUT2D eigenvalue weighted by molar-refractivity contribution is -0.116. The van der Waals surface area contributed by atoms with Crippen LogP contribution in [0.5, 0.6) is 11.5 Å². The summed E-state index contributed by atoms with van der Waals surface area (Å²) in [7, 11) is 0. The molecule has 7 nitrogen and oxygen atoms in total. The number of hydrogen-bond donors (Lipinski definition) is 1. The van der Waals surface area contributed by atoms with E-state index in [0.29, 0.717) is 36.9 Å². The molecule has 3 heterocycles. The average molecular weight is 359 g/mol. The molecule has 130 valence electrons. The van der Waals surface area contributed by atoms with E-state index >= 15 is 0 Å². The third-order valence-corrected chi connectivity index (χ3v) is 5.02. The van der Waals surface area contributed by atoms with Crippen molar-refractivity contribution in [3.63, 3.8) is 0 Å². The second-order valence-corrected chi connectivity index (χ2v) is 6.86. The summed E-state index contributed by atoms with van der Waals surface area (Å²) in [6.45, 7) is 4.81. The number of amides is 1. The number of benzene rings is 1. The molecule has 0 aliphatic carbocycles. The number of anilines is 1. The molecule has 0 atom stereocenters. The maximum absolute atomic E-state index is 12.2. The van der Waals surface area contributed by atoms with Gasteiger partial charge in [-0.1, -0.05) is 16.5 Å². The number of ether oxygens (including phenoxy) is 2. The molecular weight excluding hydrogens is 342 g/mol. The molecule has 0 fully saturated rings. The number of thiazole rings is 1. The first-order valence-electron chi connectivity index (χ1n) is 8.02. The standard InChI is InChI=1S/C17H17N3O4S/c1-9-11(10(2)24-20-9)3-4-16(21)19-17-18-12-7-13-14(8-15(12)25-17)23-6-5-22-13/h7-8H,3-6H2,1-2H3,(H,18,19,21). The summed E-state index contributed by atoms with van der Waals surface area (Å²) in [6.07, 6.45) is 0.940. The normalized spacial score (nSPS) is 13.2. The molecular formula is C17H17N3O4S. The summed E-state index contributed by atoms with van der Waals surface area (Å²) in [5.41, 5.74) is 2.60. The zero-order valence-electron chi connectivity index (χ0n) is 13.9. The predicted molar refractivity (Wildman–Crippen MR) is 93.5 cm³/mol. The molecule has 3 aromatic rings. The number of nitrogens with zero attached hydrogens (tertiary/aromatic N) is 2. The first-order chi connectivity index (χ1) is 12.1. The van der Waals surface area contributed by atoms with Gasteiger partial charge in [-0.15, -0.1) is 0 Å². The van der Waals surface area contributed by atoms with Gasteiger partial charge in [0.1, 0.15) is 19.0 Å². The van der Waals surface area contributed by atoms with Crippen molar-refractivity contribution >= 4 is 32.6 Å². The lowest BCUT2D eigenvalue weighted by Gasteiger charge is -2.17. The molecule has 0 radical (unpaired) electrons. The lowest BCUT2D eigenvalue weighted by Crippen LogP contribution is -2.15. The van der Waals surface area contributed by atoms with Crippen molar-refractivity contribution in [1.82, 2.24) is 10.1 Å². The fourth-order valence-corrected chi connectivity index (χ4v) is 3.69. The highest BCUT2D eigenvalue weighted by molar-refractivity contribution is 7.22. The molecule has 4 rings (SSSR count). The summed E-state index contributed by atoms with van der Waals surface area (Å²) in [5.74, 6) is 2.09. The Morgan fingerprint density at radius 3 is 2.72 bits per heavy atom. The number of carbonyl (C=O) groups excluding carboxylic acids is 1. The molecule has 0 spiro atoms. The molecule has 0 bridgehead atoms. The minimum atomic E-state index is -0.0867. The van der Waals surface area contributed by atoms with Gasteiger partial charge in [-0.05, 0) is 20.3 Å². The number of aromatic nitrogens is 2. The van der Waals surface area contributed by atoms with E-state index in [9.17, 15) is 4.79 Å². The molecule has 8 heteroatoms. The number of rotatable bonds is 4. The molecule has 0 saturated carbocycles. The summed E-state index contributed by atoms with van der Waals surface area (Å²) >= 11 is 1.42. The molecule has 1 N–H and O–H groups in total. The van der Waals surface area contributed by atoms with Crippen LogP contribution in [0.25, 0.3) is 10.2 Å². The summed E-state index contributed by atoms with van der Waals surface area (Å²) in [5, 5.41) is 7.33. The zero-order valence-corrected chi connectivity index (χ0v) is 14.7. The SMILES string of the molecule is Cc1noc(C)c1CCC(=O)Nc1nc2cc3c(cc2s1)OCCO3. The van der Waals surface area contributed by atoms with Crippen LogP contribution in [0.15, 0.2) is 16.7 Å². The summed E-state index contributed by atoms with van der Waals surface area (Å²) in [6, 6.07) is 3.75. The highest BCUT2D eigenvalue weighted by atomic mass is 32.1. The Balaban J connectivity index is 1.46. The lowest BCUT2D eigenvalue weighted by atomic mass is 10.1. The van der Waals surface area contributed by atoms with Gasteiger partial charge in [-0.3, -0.25) is 4.79 Å². The van der Waals surface area contributed by atoms with Gasteiger partial charge in [0.25, 0.3) is 0 Å². The van der Waals surface area contributed by atoms with Crippen LogP contribution in [0.4, 0.5) is 5.13 Å². The maximum Gasteiger partial charge on any atom is 0.226 e. The average Bonchev–Trinajstić information content (AvgIpc) is 3.12. The smallest absolute Gasteiger partial charge is 0.226 e. The van der Waals surface area contributed by atoms with E-state index in [1.165, 1.54) is 11.3 Å². The molecule has 0 unspecified atom stereocenters. The van der Waals surface area contributed by atoms with Crippen LogP contribution in [0.3, 0.4) is 0 Å². The van der Waals surface area contributed by atoms with Gasteiger partial charge < -0.3 is 19.3 Å². The van der Waals surface area contributed by atoms with Crippen molar-refractivity contribution in [3.8, 4) is 11.5 Å². The molecule has 1 aliphatic rings. The van der Waals surface area contributed by atoms with Crippen LogP contribution >= 0.6 is 11.3 Å². The van der Waals surface area contributed by atoms with Crippen LogP contribution in [0, 0.1) is 13.8 Å². The van der Waals surface area contributed by atoms with Crippen LogP contribution in [0.1, 0.15) is 23.4 Å². The quantitative estimate of drug-likeness (QED) is 0.769. The first-order valence-corrected chi connectivity index (χ1v) is 8.83. The van der Waals surface area contributed by atoms with Gasteiger partial charge in [0.05, 0.1) is 15.9 Å². The van der Waals surface area contributed by atoms with Crippen molar-refractivity contribution in [2.75, 3.05) is 18.5 Å². The second kappa shape index (κ2) is 6.36. The van der Waals surface area contributed by atoms with E-state index in [2.05, 4.69) is 15.5 Å². The van der Waals surface area contributed by atoms with E-state index in [4.69, 9.17) is 14.0 Å². The minimum Gasteiger partial charge on any atom is -0.486 e. The molecule has 0 saturated heterocycles. The maximum atomic E-state index is 12.2. The highest BCUT2D eigenvalue weighted by Gasteiger charge is 2.16. The Bertz CT molecular complexity index is 884. The zero-order chi connectivity index (χ0) is 17.4. The fraction of sp³-hybridized carbons (Fsp3) is 0.353. The van der Waals surface area contributed by atoms with Crippen molar-refractivity contribution in [1.29, 1.82) is 0 Å². The van der Waals surface area contributed by atoms with Gasteiger partial charge >= 0.3 is 0 Å². The molecule has 1 amide bonds. The van der Waals surface area contributed by atoms with Crippen LogP contribution in [-0.4, -0.2) is 29.3 Å². The predicted octanol–water partition coefficient (Wildman–Crippen LogP) is 3.24. The largest absolute Gasteiger partial charge is 0.486 e. The number of fused-ring (bicyclic) bond motifs is 2. The Morgan fingerprint density at radius 1 is 1.24 bits per heavy atom. The van der Waals surface area contributed by atoms with Gasteiger partial charge in [0.2, 0.25) is 5.91 Å². The minimum absolute atomic E-state index is 0.0867. The van der Waals surface area contributed by atoms with Crippen molar-refractivity contribution in [3.05, 3.63) is 29.2 Å². The van der Waals surface area contributed by atoms with Gasteiger partial charge in [0, 0.05) is 24.1 Å². The van der Waals surface area contributed by atoms with E-state index in [1.54, 1.807) is 0 Å². The van der Waals surface area contributed by atoms with Crippen LogP contribution in [0.2, 0.25) is 0 Å². The third-order valence-electron chi connectivity index (χ3n) is 4.08. The number of aryl methyl sites for hydroxylation is 2. The Morgan fingerprint density at radius 2 is 2.00 bits per heavy atom. The van der Waals surface area contributed by atoms with Crippen LogP contribution < -0.4 is 14.8 Å². The number of carbonyl (C=O) groups is 1. The highest BCUT2D eigenvalue weighted by Crippen LogP contribution is 2.37. The molecule has 2 aromatic heterocycles. The van der Waals surface area contributed by atoms with Gasteiger partial charge in [-0.2, -0.15) is 0 Å².